The zero-order chi connectivity index (χ0) is 48.5. The first-order valence-electron chi connectivity index (χ1n) is 29.1. The molecule has 0 aromatic heterocycles. The Labute approximate surface area is 412 Å². The number of hydrogen-bond acceptors (Lipinski definition) is 6. The minimum Gasteiger partial charge on any atom is -0.756 e. The van der Waals surface area contributed by atoms with Gasteiger partial charge in [0.15, 0.2) is 0 Å². The molecule has 9 heteroatoms. The highest BCUT2D eigenvalue weighted by Gasteiger charge is 2.23. The number of phosphoric acid groups is 1. The summed E-state index contributed by atoms with van der Waals surface area (Å²) in [4.78, 5) is 25.5. The Kier molecular flexibility index (Phi) is 48.7. The Balaban J connectivity index is 4.08. The third-order valence-corrected chi connectivity index (χ3v) is 14.5. The van der Waals surface area contributed by atoms with Gasteiger partial charge in [0.2, 0.25) is 5.91 Å². The van der Waals surface area contributed by atoms with E-state index >= 15 is 0 Å². The molecule has 1 amide bonds. The van der Waals surface area contributed by atoms with Crippen molar-refractivity contribution >= 4 is 13.7 Å². The predicted molar refractivity (Wildman–Crippen MR) is 284 cm³/mol. The number of phosphoric ester groups is 1. The third kappa shape index (κ3) is 51.1. The lowest BCUT2D eigenvalue weighted by atomic mass is 10.0. The van der Waals surface area contributed by atoms with Crippen molar-refractivity contribution in [1.29, 1.82) is 0 Å². The first-order chi connectivity index (χ1) is 32.0. The number of quaternary nitrogens is 1. The van der Waals surface area contributed by atoms with E-state index in [1.165, 1.54) is 238 Å². The second-order valence-corrected chi connectivity index (χ2v) is 22.8. The molecule has 0 heterocycles. The maximum atomic E-state index is 13.0. The topological polar surface area (TPSA) is 108 Å². The number of hydrogen-bond donors (Lipinski definition) is 2. The Morgan fingerprint density at radius 2 is 0.818 bits per heavy atom. The number of amides is 1. The zero-order valence-corrected chi connectivity index (χ0v) is 45.8. The first kappa shape index (κ1) is 65.2. The average molecular weight is 956 g/mol. The number of carbonyl (C=O) groups is 1. The lowest BCUT2D eigenvalue weighted by Gasteiger charge is -2.29. The molecule has 0 aliphatic heterocycles. The van der Waals surface area contributed by atoms with Crippen molar-refractivity contribution < 1.29 is 32.9 Å². The molecule has 0 aliphatic rings. The van der Waals surface area contributed by atoms with Crippen LogP contribution >= 0.6 is 7.82 Å². The molecular formula is C57H115N2O6P. The summed E-state index contributed by atoms with van der Waals surface area (Å²) < 4.78 is 23.3. The molecule has 8 nitrogen and oxygen atoms in total. The summed E-state index contributed by atoms with van der Waals surface area (Å²) in [6.45, 7) is 4.69. The zero-order valence-electron chi connectivity index (χ0n) is 44.9. The highest BCUT2D eigenvalue weighted by atomic mass is 31.2. The van der Waals surface area contributed by atoms with E-state index in [1.807, 2.05) is 27.2 Å². The van der Waals surface area contributed by atoms with Gasteiger partial charge in [-0.1, -0.05) is 283 Å². The van der Waals surface area contributed by atoms with Crippen LogP contribution in [0.15, 0.2) is 12.2 Å². The van der Waals surface area contributed by atoms with E-state index in [1.54, 1.807) is 6.08 Å². The van der Waals surface area contributed by atoms with Gasteiger partial charge < -0.3 is 28.8 Å². The molecule has 394 valence electrons. The maximum Gasteiger partial charge on any atom is 0.268 e. The van der Waals surface area contributed by atoms with Crippen molar-refractivity contribution in [2.45, 2.75) is 309 Å². The number of unbranched alkanes of at least 4 members (excludes halogenated alkanes) is 41. The van der Waals surface area contributed by atoms with Crippen molar-refractivity contribution in [3.63, 3.8) is 0 Å². The highest BCUT2D eigenvalue weighted by molar-refractivity contribution is 7.45. The van der Waals surface area contributed by atoms with Crippen LogP contribution in [0.2, 0.25) is 0 Å². The van der Waals surface area contributed by atoms with Crippen LogP contribution < -0.4 is 10.2 Å². The van der Waals surface area contributed by atoms with Crippen LogP contribution in [-0.4, -0.2) is 68.5 Å². The van der Waals surface area contributed by atoms with Gasteiger partial charge >= 0.3 is 0 Å². The van der Waals surface area contributed by atoms with Gasteiger partial charge in [0, 0.05) is 6.42 Å². The van der Waals surface area contributed by atoms with E-state index in [0.29, 0.717) is 17.4 Å². The maximum absolute atomic E-state index is 13.0. The van der Waals surface area contributed by atoms with Gasteiger partial charge in [-0.05, 0) is 19.3 Å². The molecule has 0 saturated carbocycles. The fourth-order valence-corrected chi connectivity index (χ4v) is 9.64. The summed E-state index contributed by atoms with van der Waals surface area (Å²) in [5.41, 5.74) is 0. The van der Waals surface area contributed by atoms with Crippen molar-refractivity contribution in [3.8, 4) is 0 Å². The number of allylic oxidation sites excluding steroid dienone is 1. The Morgan fingerprint density at radius 3 is 1.14 bits per heavy atom. The summed E-state index contributed by atoms with van der Waals surface area (Å²) in [5.74, 6) is -0.190. The normalized spacial score (nSPS) is 14.0. The van der Waals surface area contributed by atoms with Crippen LogP contribution in [-0.2, 0) is 18.4 Å². The van der Waals surface area contributed by atoms with Crippen LogP contribution in [0.3, 0.4) is 0 Å². The molecule has 1 unspecified atom stereocenters. The molecule has 2 N–H and O–H groups in total. The number of carbonyl (C=O) groups excluding carboxylic acids is 1. The smallest absolute Gasteiger partial charge is 0.268 e. The summed E-state index contributed by atoms with van der Waals surface area (Å²) in [7, 11) is 1.28. The van der Waals surface area contributed by atoms with Crippen molar-refractivity contribution in [3.05, 3.63) is 12.2 Å². The van der Waals surface area contributed by atoms with Crippen LogP contribution in [0.4, 0.5) is 0 Å². The van der Waals surface area contributed by atoms with Crippen LogP contribution in [0.1, 0.15) is 296 Å². The molecule has 0 bridgehead atoms. The minimum absolute atomic E-state index is 0.00258. The van der Waals surface area contributed by atoms with Gasteiger partial charge in [-0.2, -0.15) is 0 Å². The van der Waals surface area contributed by atoms with Gasteiger partial charge in [0.25, 0.3) is 7.82 Å². The van der Waals surface area contributed by atoms with E-state index in [2.05, 4.69) is 19.2 Å². The average Bonchev–Trinajstić information content (AvgIpc) is 3.28. The predicted octanol–water partition coefficient (Wildman–Crippen LogP) is 16.8. The summed E-state index contributed by atoms with van der Waals surface area (Å²) in [5, 5.41) is 13.9. The Hall–Kier alpha value is -0.760. The Morgan fingerprint density at radius 1 is 0.515 bits per heavy atom. The first-order valence-corrected chi connectivity index (χ1v) is 30.5. The molecular weight excluding hydrogens is 840 g/mol. The van der Waals surface area contributed by atoms with E-state index in [-0.39, 0.29) is 19.1 Å². The van der Waals surface area contributed by atoms with Crippen molar-refractivity contribution in [2.75, 3.05) is 40.9 Å². The molecule has 0 rings (SSSR count). The van der Waals surface area contributed by atoms with E-state index < -0.39 is 20.0 Å². The monoisotopic (exact) mass is 955 g/mol. The standard InChI is InChI=1S/C57H115N2O6P/c1-6-8-10-12-14-16-18-20-22-24-25-26-27-28-29-30-31-32-33-34-35-37-39-41-43-45-47-49-51-57(61)58-55(54-65-66(62,63)64-53-52-59(3,4)5)56(60)50-48-46-44-42-40-38-36-23-21-19-17-15-13-11-9-7-2/h48,50,55-56,60H,6-47,49,51-54H2,1-5H3,(H-,58,61,62,63)/b50-48+/t55-,56+/m0/s1. The molecule has 66 heavy (non-hydrogen) atoms. The molecule has 0 spiro atoms. The Bertz CT molecular complexity index is 1080. The summed E-state index contributed by atoms with van der Waals surface area (Å²) >= 11 is 0. The molecule has 0 radical (unpaired) electrons. The van der Waals surface area contributed by atoms with Gasteiger partial charge in [-0.3, -0.25) is 9.36 Å². The fourth-order valence-electron chi connectivity index (χ4n) is 8.92. The number of aliphatic hydroxyl groups excluding tert-OH is 1. The number of nitrogens with one attached hydrogen (secondary N) is 1. The van der Waals surface area contributed by atoms with Crippen LogP contribution in [0.25, 0.3) is 0 Å². The van der Waals surface area contributed by atoms with Crippen molar-refractivity contribution in [2.24, 2.45) is 0 Å². The van der Waals surface area contributed by atoms with E-state index in [9.17, 15) is 19.4 Å². The van der Waals surface area contributed by atoms with E-state index in [0.717, 1.165) is 38.5 Å². The number of rotatable bonds is 54. The fraction of sp³-hybridized carbons (Fsp3) is 0.947. The summed E-state index contributed by atoms with van der Waals surface area (Å²) in [6.07, 6.45) is 60.1. The number of likely N-dealkylation sites (N-methyl/N-ethyl adjacent to an activating group) is 1. The SMILES string of the molecule is CCCCCCCCCCCCCCCC/C=C/[C@@H](O)[C@H](COP(=O)([O-])OCC[N+](C)(C)C)NC(=O)CCCCCCCCCCCCCCCCCCCCCCCCCCCCCC. The number of nitrogens with zero attached hydrogens (tertiary/aromatic N) is 1. The van der Waals surface area contributed by atoms with Gasteiger partial charge in [-0.15, -0.1) is 0 Å². The lowest BCUT2D eigenvalue weighted by Crippen LogP contribution is -2.45. The molecule has 0 aliphatic carbocycles. The second kappa shape index (κ2) is 49.2. The lowest BCUT2D eigenvalue weighted by molar-refractivity contribution is -0.870. The number of aliphatic hydroxyl groups is 1. The largest absolute Gasteiger partial charge is 0.756 e. The van der Waals surface area contributed by atoms with Gasteiger partial charge in [0.05, 0.1) is 39.9 Å². The second-order valence-electron chi connectivity index (χ2n) is 21.4. The van der Waals surface area contributed by atoms with Gasteiger partial charge in [-0.25, -0.2) is 0 Å². The van der Waals surface area contributed by atoms with Crippen LogP contribution in [0.5, 0.6) is 0 Å². The van der Waals surface area contributed by atoms with Gasteiger partial charge in [0.1, 0.15) is 13.2 Å². The minimum atomic E-state index is -4.59. The molecule has 0 saturated heterocycles. The summed E-state index contributed by atoms with van der Waals surface area (Å²) in [6, 6.07) is -0.881. The highest BCUT2D eigenvalue weighted by Crippen LogP contribution is 2.38. The molecule has 3 atom stereocenters. The van der Waals surface area contributed by atoms with Crippen LogP contribution in [0, 0.1) is 0 Å². The van der Waals surface area contributed by atoms with E-state index in [4.69, 9.17) is 9.05 Å². The quantitative estimate of drug-likeness (QED) is 0.0272. The molecule has 0 aromatic carbocycles. The van der Waals surface area contributed by atoms with Crippen molar-refractivity contribution in [1.82, 2.24) is 5.32 Å². The molecule has 0 fully saturated rings. The third-order valence-electron chi connectivity index (χ3n) is 13.5. The molecule has 0 aromatic rings.